The van der Waals surface area contributed by atoms with Gasteiger partial charge < -0.3 is 14.8 Å². The fourth-order valence-electron chi connectivity index (χ4n) is 1.72. The molecule has 2 rings (SSSR count). The molecule has 0 heterocycles. The van der Waals surface area contributed by atoms with Crippen molar-refractivity contribution in [2.24, 2.45) is 0 Å². The smallest absolute Gasteiger partial charge is 0.262 e. The minimum absolute atomic E-state index is 0.0590. The second kappa shape index (κ2) is 8.19. The molecule has 0 atom stereocenters. The summed E-state index contributed by atoms with van der Waals surface area (Å²) in [6, 6.07) is 12.7. The van der Waals surface area contributed by atoms with E-state index in [4.69, 9.17) is 9.47 Å². The van der Waals surface area contributed by atoms with Gasteiger partial charge in [-0.25, -0.2) is 0 Å². The first kappa shape index (κ1) is 16.8. The Kier molecular flexibility index (Phi) is 6.27. The van der Waals surface area contributed by atoms with Crippen molar-refractivity contribution < 1.29 is 14.3 Å². The van der Waals surface area contributed by atoms with Crippen molar-refractivity contribution in [3.8, 4) is 11.5 Å². The first-order valence-corrected chi connectivity index (χ1v) is 8.27. The number of rotatable bonds is 6. The van der Waals surface area contributed by atoms with Gasteiger partial charge in [0, 0.05) is 8.95 Å². The lowest BCUT2D eigenvalue weighted by Crippen LogP contribution is -2.20. The van der Waals surface area contributed by atoms with Gasteiger partial charge in [-0.15, -0.1) is 0 Å². The lowest BCUT2D eigenvalue weighted by molar-refractivity contribution is -0.118. The van der Waals surface area contributed by atoms with Crippen LogP contribution in [-0.4, -0.2) is 19.1 Å². The fourth-order valence-corrected chi connectivity index (χ4v) is 2.87. The number of anilines is 1. The van der Waals surface area contributed by atoms with Gasteiger partial charge in [-0.05, 0) is 65.3 Å². The van der Waals surface area contributed by atoms with Gasteiger partial charge in [0.25, 0.3) is 5.91 Å². The molecule has 0 radical (unpaired) electrons. The van der Waals surface area contributed by atoms with Crippen molar-refractivity contribution in [2.45, 2.75) is 6.92 Å². The van der Waals surface area contributed by atoms with Crippen molar-refractivity contribution in [1.82, 2.24) is 0 Å². The third-order valence-electron chi connectivity index (χ3n) is 2.71. The molecule has 0 bridgehead atoms. The monoisotopic (exact) mass is 427 g/mol. The van der Waals surface area contributed by atoms with Gasteiger partial charge >= 0.3 is 0 Å². The van der Waals surface area contributed by atoms with E-state index in [-0.39, 0.29) is 12.5 Å². The molecule has 116 valence electrons. The highest BCUT2D eigenvalue weighted by Crippen LogP contribution is 2.26. The summed E-state index contributed by atoms with van der Waals surface area (Å²) < 4.78 is 12.5. The van der Waals surface area contributed by atoms with Crippen LogP contribution in [0.3, 0.4) is 0 Å². The maximum atomic E-state index is 11.9. The van der Waals surface area contributed by atoms with Crippen LogP contribution in [0.5, 0.6) is 11.5 Å². The maximum absolute atomic E-state index is 11.9. The van der Waals surface area contributed by atoms with Gasteiger partial charge in [-0.2, -0.15) is 0 Å². The van der Waals surface area contributed by atoms with Crippen molar-refractivity contribution in [2.75, 3.05) is 18.5 Å². The van der Waals surface area contributed by atoms with E-state index in [1.165, 1.54) is 0 Å². The SMILES string of the molecule is CCOc1ccc(OCC(=O)Nc2ccc(Br)cc2Br)cc1. The zero-order chi connectivity index (χ0) is 15.9. The molecule has 0 aliphatic rings. The summed E-state index contributed by atoms with van der Waals surface area (Å²) in [6.45, 7) is 2.48. The maximum Gasteiger partial charge on any atom is 0.262 e. The molecule has 0 aliphatic carbocycles. The standard InChI is InChI=1S/C16H15Br2NO3/c1-2-21-12-4-6-13(7-5-12)22-10-16(20)19-15-8-3-11(17)9-14(15)18/h3-9H,2,10H2,1H3,(H,19,20). The topological polar surface area (TPSA) is 47.6 Å². The lowest BCUT2D eigenvalue weighted by Gasteiger charge is -2.10. The molecule has 0 spiro atoms. The molecule has 0 saturated heterocycles. The molecule has 0 unspecified atom stereocenters. The summed E-state index contributed by atoms with van der Waals surface area (Å²) >= 11 is 6.76. The number of nitrogens with one attached hydrogen (secondary N) is 1. The predicted octanol–water partition coefficient (Wildman–Crippen LogP) is 4.63. The molecule has 6 heteroatoms. The van der Waals surface area contributed by atoms with E-state index in [0.717, 1.165) is 14.7 Å². The number of halogens is 2. The Balaban J connectivity index is 1.87. The van der Waals surface area contributed by atoms with E-state index in [1.54, 1.807) is 12.1 Å². The van der Waals surface area contributed by atoms with Crippen LogP contribution < -0.4 is 14.8 Å². The van der Waals surface area contributed by atoms with Crippen LogP contribution in [0.4, 0.5) is 5.69 Å². The number of hydrogen-bond acceptors (Lipinski definition) is 3. The fraction of sp³-hybridized carbons (Fsp3) is 0.188. The number of carbonyl (C=O) groups is 1. The highest BCUT2D eigenvalue weighted by Gasteiger charge is 2.07. The van der Waals surface area contributed by atoms with Crippen molar-refractivity contribution >= 4 is 43.5 Å². The van der Waals surface area contributed by atoms with E-state index in [0.29, 0.717) is 18.0 Å². The first-order chi connectivity index (χ1) is 10.6. The van der Waals surface area contributed by atoms with Crippen LogP contribution in [-0.2, 0) is 4.79 Å². The van der Waals surface area contributed by atoms with Gasteiger partial charge in [-0.3, -0.25) is 4.79 Å². The molecule has 22 heavy (non-hydrogen) atoms. The van der Waals surface area contributed by atoms with E-state index in [2.05, 4.69) is 37.2 Å². The summed E-state index contributed by atoms with van der Waals surface area (Å²) in [5, 5.41) is 2.78. The quantitative estimate of drug-likeness (QED) is 0.729. The Morgan fingerprint density at radius 1 is 1.05 bits per heavy atom. The molecule has 2 aromatic carbocycles. The molecule has 0 fully saturated rings. The lowest BCUT2D eigenvalue weighted by atomic mass is 10.3. The zero-order valence-electron chi connectivity index (χ0n) is 11.9. The van der Waals surface area contributed by atoms with Gasteiger partial charge in [0.05, 0.1) is 12.3 Å². The largest absolute Gasteiger partial charge is 0.494 e. The van der Waals surface area contributed by atoms with E-state index in [1.807, 2.05) is 37.3 Å². The number of hydrogen-bond donors (Lipinski definition) is 1. The Labute approximate surface area is 146 Å². The van der Waals surface area contributed by atoms with Crippen LogP contribution >= 0.6 is 31.9 Å². The third-order valence-corrected chi connectivity index (χ3v) is 3.86. The van der Waals surface area contributed by atoms with Crippen LogP contribution in [0.25, 0.3) is 0 Å². The van der Waals surface area contributed by atoms with Crippen LogP contribution in [0.15, 0.2) is 51.4 Å². The molecule has 0 saturated carbocycles. The number of carbonyl (C=O) groups excluding carboxylic acids is 1. The Hall–Kier alpha value is -1.53. The number of amides is 1. The van der Waals surface area contributed by atoms with Crippen molar-refractivity contribution in [1.29, 1.82) is 0 Å². The molecule has 4 nitrogen and oxygen atoms in total. The summed E-state index contributed by atoms with van der Waals surface area (Å²) in [6.07, 6.45) is 0. The van der Waals surface area contributed by atoms with E-state index < -0.39 is 0 Å². The van der Waals surface area contributed by atoms with Gasteiger partial charge in [0.2, 0.25) is 0 Å². The highest BCUT2D eigenvalue weighted by atomic mass is 79.9. The van der Waals surface area contributed by atoms with Gasteiger partial charge in [0.15, 0.2) is 6.61 Å². The van der Waals surface area contributed by atoms with Crippen molar-refractivity contribution in [3.05, 3.63) is 51.4 Å². The normalized spacial score (nSPS) is 10.1. The summed E-state index contributed by atoms with van der Waals surface area (Å²) in [7, 11) is 0. The van der Waals surface area contributed by atoms with Crippen LogP contribution in [0, 0.1) is 0 Å². The average molecular weight is 429 g/mol. The summed E-state index contributed by atoms with van der Waals surface area (Å²) in [4.78, 5) is 11.9. The molecular formula is C16H15Br2NO3. The number of ether oxygens (including phenoxy) is 2. The molecular weight excluding hydrogens is 414 g/mol. The van der Waals surface area contributed by atoms with E-state index in [9.17, 15) is 4.79 Å². The molecule has 0 aromatic heterocycles. The second-order valence-corrected chi connectivity index (χ2v) is 6.14. The average Bonchev–Trinajstić information content (AvgIpc) is 2.50. The molecule has 0 aliphatic heterocycles. The van der Waals surface area contributed by atoms with Crippen LogP contribution in [0.2, 0.25) is 0 Å². The number of benzene rings is 2. The minimum Gasteiger partial charge on any atom is -0.494 e. The summed E-state index contributed by atoms with van der Waals surface area (Å²) in [5.74, 6) is 1.17. The third kappa shape index (κ3) is 5.03. The van der Waals surface area contributed by atoms with Gasteiger partial charge in [-0.1, -0.05) is 15.9 Å². The predicted molar refractivity (Wildman–Crippen MR) is 93.6 cm³/mol. The Bertz CT molecular complexity index is 644. The zero-order valence-corrected chi connectivity index (χ0v) is 15.1. The summed E-state index contributed by atoms with van der Waals surface area (Å²) in [5.41, 5.74) is 0.698. The Morgan fingerprint density at radius 2 is 1.68 bits per heavy atom. The van der Waals surface area contributed by atoms with Gasteiger partial charge in [0.1, 0.15) is 11.5 Å². The highest BCUT2D eigenvalue weighted by molar-refractivity contribution is 9.11. The van der Waals surface area contributed by atoms with Crippen LogP contribution in [0.1, 0.15) is 6.92 Å². The Morgan fingerprint density at radius 3 is 2.27 bits per heavy atom. The van der Waals surface area contributed by atoms with E-state index >= 15 is 0 Å². The minimum atomic E-state index is -0.225. The first-order valence-electron chi connectivity index (χ1n) is 6.69. The molecule has 1 N–H and O–H groups in total. The second-order valence-electron chi connectivity index (χ2n) is 4.37. The molecule has 1 amide bonds. The molecule has 2 aromatic rings. The van der Waals surface area contributed by atoms with Crippen molar-refractivity contribution in [3.63, 3.8) is 0 Å².